The van der Waals surface area contributed by atoms with Crippen LogP contribution in [0.25, 0.3) is 0 Å². The topological polar surface area (TPSA) is 340 Å². The van der Waals surface area contributed by atoms with Crippen molar-refractivity contribution in [1.29, 1.82) is 0 Å². The lowest BCUT2D eigenvalue weighted by Gasteiger charge is -2.50. The van der Waals surface area contributed by atoms with E-state index in [1.54, 1.807) is 62.3 Å². The van der Waals surface area contributed by atoms with Crippen LogP contribution < -0.4 is 16.0 Å². The van der Waals surface area contributed by atoms with Crippen molar-refractivity contribution in [1.82, 2.24) is 21.0 Å². The number of ether oxygens (including phenoxy) is 8. The van der Waals surface area contributed by atoms with Crippen molar-refractivity contribution in [3.05, 3.63) is 0 Å². The molecule has 68 heavy (non-hydrogen) atoms. The summed E-state index contributed by atoms with van der Waals surface area (Å²) in [4.78, 5) is 63.7. The summed E-state index contributed by atoms with van der Waals surface area (Å²) < 4.78 is 47.1. The summed E-state index contributed by atoms with van der Waals surface area (Å²) in [5.41, 5.74) is -2.88. The van der Waals surface area contributed by atoms with Crippen molar-refractivity contribution < 1.29 is 97.7 Å². The Kier molecular flexibility index (Phi) is 20.4. The first kappa shape index (κ1) is 56.9. The standard InChI is InChI=1S/C44H76N4O20/c1-42(2,3)66-39(57)45-19-25-32(55)36(63-28(53)17-15-13-11-10-12-14-16-27(51)52)33(56)38(61-25)65-35-22(20-49)34(64-37-30-29(48(30)60)31(54)26(21-50)62-37)23(46-40(58)67-43(4,5)6)18-24(35)47-41(59)68-44(7,8)9/h22-26,29-38,49-50,54-56,60H,10-21H2,1-9H3,(H,45,57)(H,46,58)(H,47,59)(H,51,52)/t22?,23-,24-,25?,26+,29?,30+,31?,32+,33?,34+,35?,36?,37?,38+,48?/m0/s1. The molecule has 0 bridgehead atoms. The van der Waals surface area contributed by atoms with E-state index in [0.29, 0.717) is 25.7 Å². The van der Waals surface area contributed by atoms with E-state index in [4.69, 9.17) is 43.0 Å². The molecule has 0 aromatic rings. The molecule has 4 fully saturated rings. The lowest BCUT2D eigenvalue weighted by molar-refractivity contribution is -0.324. The first-order valence-corrected chi connectivity index (χ1v) is 23.3. The maximum Gasteiger partial charge on any atom is 0.407 e. The number of hydrogen-bond acceptors (Lipinski definition) is 20. The Labute approximate surface area is 396 Å². The number of fused-ring (bicyclic) bond motifs is 1. The summed E-state index contributed by atoms with van der Waals surface area (Å²) >= 11 is 0. The molecule has 0 aromatic heterocycles. The quantitative estimate of drug-likeness (QED) is 0.0354. The number of hydroxylamine groups is 2. The third kappa shape index (κ3) is 17.0. The lowest BCUT2D eigenvalue weighted by Crippen LogP contribution is -2.68. The summed E-state index contributed by atoms with van der Waals surface area (Å²) in [6.07, 6.45) is -14.6. The Hall–Kier alpha value is -3.69. The zero-order valence-corrected chi connectivity index (χ0v) is 40.5. The number of aliphatic hydroxyl groups is 5. The summed E-state index contributed by atoms with van der Waals surface area (Å²) in [6, 6.07) is -4.20. The molecule has 3 aliphatic heterocycles. The highest BCUT2D eigenvalue weighted by molar-refractivity contribution is 5.70. The minimum Gasteiger partial charge on any atom is -0.481 e. The SMILES string of the molecule is CC(C)(C)OC(=O)NCC1O[C@H](OC2C(CO)[C@@H](OC3O[C@H](CO)C(O)C4[C@H]3N4O)[C@@H](NC(=O)OC(C)(C)C)C[C@@H]2NC(=O)OC(C)(C)C)C(O)C(OC(=O)CCCCCCCCC(=O)O)[C@@H]1O. The van der Waals surface area contributed by atoms with Crippen LogP contribution in [0.2, 0.25) is 0 Å². The highest BCUT2D eigenvalue weighted by Crippen LogP contribution is 2.43. The van der Waals surface area contributed by atoms with Gasteiger partial charge in [0.05, 0.1) is 43.5 Å². The molecule has 3 amide bonds. The van der Waals surface area contributed by atoms with Gasteiger partial charge in [0.1, 0.15) is 53.4 Å². The minimum absolute atomic E-state index is 0.0703. The number of nitrogens with one attached hydrogen (secondary N) is 3. The Balaban J connectivity index is 1.68. The molecule has 0 radical (unpaired) electrons. The van der Waals surface area contributed by atoms with E-state index in [1.165, 1.54) is 0 Å². The van der Waals surface area contributed by atoms with Crippen LogP contribution >= 0.6 is 0 Å². The monoisotopic (exact) mass is 981 g/mol. The third-order valence-electron chi connectivity index (χ3n) is 11.5. The second kappa shape index (κ2) is 24.4. The molecule has 0 aromatic carbocycles. The minimum atomic E-state index is -1.94. The number of carboxylic acids is 1. The Morgan fingerprint density at radius 1 is 0.603 bits per heavy atom. The fourth-order valence-corrected chi connectivity index (χ4v) is 8.44. The Morgan fingerprint density at radius 2 is 1.09 bits per heavy atom. The predicted octanol–water partition coefficient (Wildman–Crippen LogP) is 1.16. The van der Waals surface area contributed by atoms with Gasteiger partial charge in [0.2, 0.25) is 0 Å². The van der Waals surface area contributed by atoms with Crippen LogP contribution in [0.3, 0.4) is 0 Å². The van der Waals surface area contributed by atoms with Gasteiger partial charge in [0, 0.05) is 25.3 Å². The van der Waals surface area contributed by atoms with Crippen LogP contribution in [0.1, 0.15) is 120 Å². The number of alkyl carbamates (subject to hydrolysis) is 3. The number of aliphatic hydroxyl groups excluding tert-OH is 5. The molecule has 3 heterocycles. The number of rotatable bonds is 20. The molecule has 3 saturated heterocycles. The van der Waals surface area contributed by atoms with Crippen LogP contribution in [-0.2, 0) is 47.5 Å². The number of aliphatic carboxylic acids is 1. The van der Waals surface area contributed by atoms with Crippen LogP contribution in [0, 0.1) is 5.92 Å². The molecule has 4 rings (SSSR count). The van der Waals surface area contributed by atoms with Crippen molar-refractivity contribution >= 4 is 30.2 Å². The van der Waals surface area contributed by atoms with Gasteiger partial charge in [-0.25, -0.2) is 14.4 Å². The van der Waals surface area contributed by atoms with Gasteiger partial charge in [0.15, 0.2) is 18.7 Å². The normalized spacial score (nSPS) is 33.9. The maximum atomic E-state index is 13.5. The van der Waals surface area contributed by atoms with Gasteiger partial charge in [-0.2, -0.15) is 5.06 Å². The fraction of sp³-hybridized carbons (Fsp3) is 0.886. The van der Waals surface area contributed by atoms with Crippen molar-refractivity contribution in [2.75, 3.05) is 19.8 Å². The number of carbonyl (C=O) groups excluding carboxylic acids is 4. The first-order valence-electron chi connectivity index (χ1n) is 23.3. The summed E-state index contributed by atoms with van der Waals surface area (Å²) in [6.45, 7) is 12.8. The molecular formula is C44H76N4O20. The molecule has 0 spiro atoms. The third-order valence-corrected chi connectivity index (χ3v) is 11.5. The predicted molar refractivity (Wildman–Crippen MR) is 234 cm³/mol. The van der Waals surface area contributed by atoms with Gasteiger partial charge in [-0.3, -0.25) is 9.59 Å². The van der Waals surface area contributed by atoms with E-state index in [1.807, 2.05) is 0 Å². The lowest BCUT2D eigenvalue weighted by atomic mass is 9.77. The van der Waals surface area contributed by atoms with Crippen LogP contribution in [-0.4, -0.2) is 193 Å². The Bertz CT molecular complexity index is 1670. The number of esters is 1. The van der Waals surface area contributed by atoms with Crippen molar-refractivity contribution in [3.63, 3.8) is 0 Å². The summed E-state index contributed by atoms with van der Waals surface area (Å²) in [5.74, 6) is -2.96. The molecule has 392 valence electrons. The van der Waals surface area contributed by atoms with Crippen molar-refractivity contribution in [2.45, 2.75) is 222 Å². The largest absolute Gasteiger partial charge is 0.481 e. The molecule has 1 aliphatic carbocycles. The highest BCUT2D eigenvalue weighted by Gasteiger charge is 2.64. The molecule has 16 atom stereocenters. The van der Waals surface area contributed by atoms with E-state index >= 15 is 0 Å². The number of amides is 3. The van der Waals surface area contributed by atoms with Crippen LogP contribution in [0.15, 0.2) is 0 Å². The van der Waals surface area contributed by atoms with E-state index in [9.17, 15) is 54.7 Å². The number of unbranched alkanes of at least 4 members (excludes halogenated alkanes) is 5. The highest BCUT2D eigenvalue weighted by atomic mass is 16.7. The van der Waals surface area contributed by atoms with E-state index in [-0.39, 0.29) is 19.3 Å². The summed E-state index contributed by atoms with van der Waals surface area (Å²) in [5, 5.41) is 83.6. The second-order valence-corrected chi connectivity index (χ2v) is 20.7. The van der Waals surface area contributed by atoms with Gasteiger partial charge in [0.25, 0.3) is 0 Å². The van der Waals surface area contributed by atoms with E-state index in [2.05, 4.69) is 16.0 Å². The molecule has 1 saturated carbocycles. The smallest absolute Gasteiger partial charge is 0.407 e. The van der Waals surface area contributed by atoms with E-state index < -0.39 is 158 Å². The van der Waals surface area contributed by atoms with Crippen molar-refractivity contribution in [3.8, 4) is 0 Å². The number of hydrogen-bond donors (Lipinski definition) is 10. The zero-order valence-electron chi connectivity index (χ0n) is 40.5. The molecular weight excluding hydrogens is 904 g/mol. The van der Waals surface area contributed by atoms with Gasteiger partial charge in [-0.15, -0.1) is 0 Å². The van der Waals surface area contributed by atoms with E-state index in [0.717, 1.165) is 17.9 Å². The summed E-state index contributed by atoms with van der Waals surface area (Å²) in [7, 11) is 0. The van der Waals surface area contributed by atoms with Gasteiger partial charge < -0.3 is 89.7 Å². The van der Waals surface area contributed by atoms with Crippen LogP contribution in [0.4, 0.5) is 14.4 Å². The molecule has 24 nitrogen and oxygen atoms in total. The average molecular weight is 981 g/mol. The van der Waals surface area contributed by atoms with Crippen molar-refractivity contribution in [2.24, 2.45) is 5.92 Å². The van der Waals surface area contributed by atoms with Gasteiger partial charge in [-0.05, 0) is 81.6 Å². The first-order chi connectivity index (χ1) is 31.6. The number of nitrogens with zero attached hydrogens (tertiary/aromatic N) is 1. The van der Waals surface area contributed by atoms with Gasteiger partial charge >= 0.3 is 30.2 Å². The average Bonchev–Trinajstić information content (AvgIpc) is 3.89. The molecule has 10 N–H and O–H groups in total. The molecule has 9 unspecified atom stereocenters. The molecule has 4 aliphatic rings. The van der Waals surface area contributed by atoms with Gasteiger partial charge in [-0.1, -0.05) is 25.7 Å². The van der Waals surface area contributed by atoms with Crippen LogP contribution in [0.5, 0.6) is 0 Å². The Morgan fingerprint density at radius 3 is 1.59 bits per heavy atom. The number of carbonyl (C=O) groups is 5. The maximum absolute atomic E-state index is 13.5. The molecule has 24 heteroatoms. The second-order valence-electron chi connectivity index (χ2n) is 20.7. The zero-order chi connectivity index (χ0) is 50.9. The number of carboxylic acid groups (broad SMARTS) is 1. The fourth-order valence-electron chi connectivity index (χ4n) is 8.44.